The number of ether oxygens (including phenoxy) is 1. The van der Waals surface area contributed by atoms with Gasteiger partial charge < -0.3 is 19.9 Å². The number of nitrogens with one attached hydrogen (secondary N) is 2. The number of fused-ring (bicyclic) bond motifs is 1. The molecule has 34 heavy (non-hydrogen) atoms. The number of esters is 1. The Kier molecular flexibility index (Phi) is 9.26. The lowest BCUT2D eigenvalue weighted by Gasteiger charge is -2.27. The standard InChI is InChI=1S/C27H33N3O4/c1-3-4-13-24(29-25(31)17-21-18-28-23-14-9-8-12-22(21)23)27(33)30(19-26(32)34-2)16-15-20-10-6-5-7-11-20/h5-12,14,18,24,28H,3-4,13,15-17,19H2,1-2H3,(H,29,31). The third-order valence-electron chi connectivity index (χ3n) is 5.88. The zero-order valence-electron chi connectivity index (χ0n) is 19.9. The van der Waals surface area contributed by atoms with Gasteiger partial charge in [-0.15, -0.1) is 0 Å². The summed E-state index contributed by atoms with van der Waals surface area (Å²) in [5.41, 5.74) is 2.91. The van der Waals surface area contributed by atoms with Crippen LogP contribution in [0.2, 0.25) is 0 Å². The fraction of sp³-hybridized carbons (Fsp3) is 0.370. The van der Waals surface area contributed by atoms with E-state index in [2.05, 4.69) is 10.3 Å². The van der Waals surface area contributed by atoms with Crippen molar-refractivity contribution in [2.75, 3.05) is 20.2 Å². The maximum absolute atomic E-state index is 13.5. The van der Waals surface area contributed by atoms with Gasteiger partial charge in [0.25, 0.3) is 0 Å². The van der Waals surface area contributed by atoms with E-state index < -0.39 is 12.0 Å². The summed E-state index contributed by atoms with van der Waals surface area (Å²) in [7, 11) is 1.31. The Balaban J connectivity index is 1.71. The smallest absolute Gasteiger partial charge is 0.325 e. The van der Waals surface area contributed by atoms with Crippen LogP contribution in [-0.2, 0) is 32.0 Å². The van der Waals surface area contributed by atoms with Crippen molar-refractivity contribution in [2.24, 2.45) is 0 Å². The topological polar surface area (TPSA) is 91.5 Å². The third-order valence-corrected chi connectivity index (χ3v) is 5.88. The molecule has 0 bridgehead atoms. The predicted molar refractivity (Wildman–Crippen MR) is 132 cm³/mol. The molecule has 3 aromatic rings. The number of methoxy groups -OCH3 is 1. The molecule has 0 saturated carbocycles. The number of benzene rings is 2. The zero-order chi connectivity index (χ0) is 24.3. The molecule has 1 aromatic heterocycles. The molecule has 1 heterocycles. The number of nitrogens with zero attached hydrogens (tertiary/aromatic N) is 1. The zero-order valence-corrected chi connectivity index (χ0v) is 19.9. The Morgan fingerprint density at radius 2 is 1.79 bits per heavy atom. The first kappa shape index (κ1) is 25.0. The van der Waals surface area contributed by atoms with Gasteiger partial charge in [0.1, 0.15) is 12.6 Å². The predicted octanol–water partition coefficient (Wildman–Crippen LogP) is 3.63. The highest BCUT2D eigenvalue weighted by atomic mass is 16.5. The Bertz CT molecular complexity index is 1090. The van der Waals surface area contributed by atoms with Gasteiger partial charge in [-0.1, -0.05) is 68.3 Å². The summed E-state index contributed by atoms with van der Waals surface area (Å²) in [6, 6.07) is 16.9. The fourth-order valence-electron chi connectivity index (χ4n) is 3.98. The Hall–Kier alpha value is -3.61. The van der Waals surface area contributed by atoms with Crippen LogP contribution in [-0.4, -0.2) is 53.9 Å². The van der Waals surface area contributed by atoms with Crippen molar-refractivity contribution in [1.29, 1.82) is 0 Å². The molecular formula is C27H33N3O4. The second-order valence-corrected chi connectivity index (χ2v) is 8.37. The number of hydrogen-bond donors (Lipinski definition) is 2. The maximum atomic E-state index is 13.5. The molecular weight excluding hydrogens is 430 g/mol. The van der Waals surface area contributed by atoms with E-state index in [1.54, 1.807) is 0 Å². The number of amides is 2. The number of unbranched alkanes of at least 4 members (excludes halogenated alkanes) is 1. The number of rotatable bonds is 12. The first-order valence-electron chi connectivity index (χ1n) is 11.8. The SMILES string of the molecule is CCCCC(NC(=O)Cc1c[nH]c2ccccc12)C(=O)N(CCc1ccccc1)CC(=O)OC. The van der Waals surface area contributed by atoms with E-state index in [-0.39, 0.29) is 24.8 Å². The molecule has 3 rings (SSSR count). The van der Waals surface area contributed by atoms with Crippen LogP contribution >= 0.6 is 0 Å². The van der Waals surface area contributed by atoms with Gasteiger partial charge in [-0.3, -0.25) is 14.4 Å². The molecule has 180 valence electrons. The largest absolute Gasteiger partial charge is 0.468 e. The number of para-hydroxylation sites is 1. The minimum Gasteiger partial charge on any atom is -0.468 e. The summed E-state index contributed by atoms with van der Waals surface area (Å²) in [5, 5.41) is 3.92. The van der Waals surface area contributed by atoms with Crippen LogP contribution in [0.4, 0.5) is 0 Å². The monoisotopic (exact) mass is 463 g/mol. The molecule has 2 N–H and O–H groups in total. The van der Waals surface area contributed by atoms with Crippen LogP contribution in [0.3, 0.4) is 0 Å². The molecule has 0 aliphatic carbocycles. The van der Waals surface area contributed by atoms with E-state index >= 15 is 0 Å². The molecule has 7 heteroatoms. The number of carbonyl (C=O) groups excluding carboxylic acids is 3. The minimum atomic E-state index is -0.696. The summed E-state index contributed by atoms with van der Waals surface area (Å²) in [4.78, 5) is 43.1. The lowest BCUT2D eigenvalue weighted by atomic mass is 10.1. The average Bonchev–Trinajstić information content (AvgIpc) is 3.27. The average molecular weight is 464 g/mol. The number of aromatic nitrogens is 1. The molecule has 0 radical (unpaired) electrons. The van der Waals surface area contributed by atoms with Gasteiger partial charge in [0.05, 0.1) is 13.5 Å². The highest BCUT2D eigenvalue weighted by Crippen LogP contribution is 2.18. The van der Waals surface area contributed by atoms with Crippen molar-refractivity contribution in [3.8, 4) is 0 Å². The second kappa shape index (κ2) is 12.6. The first-order chi connectivity index (χ1) is 16.5. The van der Waals surface area contributed by atoms with E-state index in [4.69, 9.17) is 4.74 Å². The quantitative estimate of drug-likeness (QED) is 0.401. The van der Waals surface area contributed by atoms with Crippen molar-refractivity contribution in [3.05, 3.63) is 71.9 Å². The highest BCUT2D eigenvalue weighted by Gasteiger charge is 2.27. The summed E-state index contributed by atoms with van der Waals surface area (Å²) in [6.07, 6.45) is 4.79. The third kappa shape index (κ3) is 6.94. The molecule has 1 unspecified atom stereocenters. The molecule has 2 amide bonds. The summed E-state index contributed by atoms with van der Waals surface area (Å²) in [6.45, 7) is 2.25. The molecule has 0 saturated heterocycles. The molecule has 7 nitrogen and oxygen atoms in total. The maximum Gasteiger partial charge on any atom is 0.325 e. The van der Waals surface area contributed by atoms with Gasteiger partial charge in [0.15, 0.2) is 0 Å². The van der Waals surface area contributed by atoms with E-state index in [1.165, 1.54) is 12.0 Å². The number of carbonyl (C=O) groups is 3. The van der Waals surface area contributed by atoms with Gasteiger partial charge in [0.2, 0.25) is 11.8 Å². The van der Waals surface area contributed by atoms with Crippen LogP contribution in [0.5, 0.6) is 0 Å². The van der Waals surface area contributed by atoms with Crippen molar-refractivity contribution in [1.82, 2.24) is 15.2 Å². The normalized spacial score (nSPS) is 11.7. The number of aromatic amines is 1. The van der Waals surface area contributed by atoms with Crippen molar-refractivity contribution >= 4 is 28.7 Å². The lowest BCUT2D eigenvalue weighted by molar-refractivity contribution is -0.148. The molecule has 0 aliphatic rings. The molecule has 0 aliphatic heterocycles. The van der Waals surface area contributed by atoms with Crippen LogP contribution in [0.25, 0.3) is 10.9 Å². The van der Waals surface area contributed by atoms with Gasteiger partial charge in [-0.05, 0) is 30.0 Å². The lowest BCUT2D eigenvalue weighted by Crippen LogP contribution is -2.50. The van der Waals surface area contributed by atoms with Crippen LogP contribution < -0.4 is 5.32 Å². The molecule has 2 aromatic carbocycles. The van der Waals surface area contributed by atoms with E-state index in [0.29, 0.717) is 19.4 Å². The van der Waals surface area contributed by atoms with Crippen molar-refractivity contribution in [2.45, 2.75) is 45.1 Å². The molecule has 1 atom stereocenters. The number of hydrogen-bond acceptors (Lipinski definition) is 4. The van der Waals surface area contributed by atoms with E-state index in [9.17, 15) is 14.4 Å². The summed E-state index contributed by atoms with van der Waals surface area (Å²) < 4.78 is 4.81. The summed E-state index contributed by atoms with van der Waals surface area (Å²) in [5.74, 6) is -0.969. The molecule has 0 spiro atoms. The molecule has 0 fully saturated rings. The Labute approximate surface area is 200 Å². The van der Waals surface area contributed by atoms with Crippen LogP contribution in [0.15, 0.2) is 60.8 Å². The van der Waals surface area contributed by atoms with Gasteiger partial charge >= 0.3 is 5.97 Å². The Morgan fingerprint density at radius 3 is 2.53 bits per heavy atom. The summed E-state index contributed by atoms with van der Waals surface area (Å²) >= 11 is 0. The van der Waals surface area contributed by atoms with Crippen LogP contribution in [0, 0.1) is 0 Å². The van der Waals surface area contributed by atoms with Crippen molar-refractivity contribution < 1.29 is 19.1 Å². The second-order valence-electron chi connectivity index (χ2n) is 8.37. The van der Waals surface area contributed by atoms with Gasteiger partial charge in [-0.2, -0.15) is 0 Å². The van der Waals surface area contributed by atoms with Crippen molar-refractivity contribution in [3.63, 3.8) is 0 Å². The van der Waals surface area contributed by atoms with E-state index in [1.807, 2.05) is 67.7 Å². The minimum absolute atomic E-state index is 0.150. The van der Waals surface area contributed by atoms with Gasteiger partial charge in [-0.25, -0.2) is 0 Å². The number of H-pyrrole nitrogens is 1. The van der Waals surface area contributed by atoms with E-state index in [0.717, 1.165) is 34.9 Å². The first-order valence-corrected chi connectivity index (χ1v) is 11.8. The Morgan fingerprint density at radius 1 is 1.06 bits per heavy atom. The fourth-order valence-corrected chi connectivity index (χ4v) is 3.98. The highest BCUT2D eigenvalue weighted by molar-refractivity contribution is 5.92. The van der Waals surface area contributed by atoms with Gasteiger partial charge in [0, 0.05) is 23.6 Å². The van der Waals surface area contributed by atoms with Crippen LogP contribution in [0.1, 0.15) is 37.3 Å².